The van der Waals surface area contributed by atoms with Crippen LogP contribution in [0.4, 0.5) is 10.5 Å². The highest BCUT2D eigenvalue weighted by Crippen LogP contribution is 2.26. The summed E-state index contributed by atoms with van der Waals surface area (Å²) in [6.45, 7) is 3.57. The molecule has 0 aliphatic rings. The average molecular weight is 274 g/mol. The molecule has 0 radical (unpaired) electrons. The van der Waals surface area contributed by atoms with Crippen molar-refractivity contribution < 1.29 is 14.3 Å². The molecule has 7 nitrogen and oxygen atoms in total. The summed E-state index contributed by atoms with van der Waals surface area (Å²) in [5.41, 5.74) is 6.94. The minimum atomic E-state index is -1.17. The first-order valence-electron chi connectivity index (χ1n) is 5.90. The molecule has 2 aromatic rings. The summed E-state index contributed by atoms with van der Waals surface area (Å²) < 4.78 is 5.49. The Hall–Kier alpha value is -2.83. The number of carbonyl (C=O) groups is 1. The van der Waals surface area contributed by atoms with Crippen molar-refractivity contribution >= 4 is 11.8 Å². The van der Waals surface area contributed by atoms with Gasteiger partial charge in [-0.25, -0.2) is 4.79 Å². The molecule has 0 spiro atoms. The van der Waals surface area contributed by atoms with Gasteiger partial charge < -0.3 is 20.6 Å². The molecule has 0 saturated heterocycles. The van der Waals surface area contributed by atoms with Gasteiger partial charge in [0, 0.05) is 5.69 Å². The van der Waals surface area contributed by atoms with Gasteiger partial charge in [0.25, 0.3) is 0 Å². The Kier molecular flexibility index (Phi) is 3.99. The number of nitrogens with one attached hydrogen (secondary N) is 1. The molecule has 20 heavy (non-hydrogen) atoms. The zero-order chi connectivity index (χ0) is 14.5. The third-order valence-corrected chi connectivity index (χ3v) is 2.63. The fraction of sp³-hybridized carbons (Fsp3) is 0.154. The molecule has 1 aromatic heterocycles. The van der Waals surface area contributed by atoms with Crippen molar-refractivity contribution in [2.45, 2.75) is 12.5 Å². The van der Waals surface area contributed by atoms with Crippen molar-refractivity contribution in [3.8, 4) is 11.5 Å². The van der Waals surface area contributed by atoms with E-state index in [2.05, 4.69) is 22.1 Å². The molecular formula is C13H14N4O3. The van der Waals surface area contributed by atoms with Crippen LogP contribution in [-0.4, -0.2) is 21.4 Å². The molecule has 1 aromatic carbocycles. The van der Waals surface area contributed by atoms with Crippen molar-refractivity contribution in [3.05, 3.63) is 42.8 Å². The van der Waals surface area contributed by atoms with Gasteiger partial charge in [-0.1, -0.05) is 18.2 Å². The SMILES string of the molecule is C=CCC(NC(=O)O)c1nnc(-c2ccccc2N)o1. The number of para-hydroxylation sites is 1. The Morgan fingerprint density at radius 1 is 1.50 bits per heavy atom. The van der Waals surface area contributed by atoms with Crippen LogP contribution in [0.25, 0.3) is 11.5 Å². The third kappa shape index (κ3) is 2.94. The number of anilines is 1. The van der Waals surface area contributed by atoms with E-state index < -0.39 is 12.1 Å². The highest BCUT2D eigenvalue weighted by atomic mass is 16.4. The molecular weight excluding hydrogens is 260 g/mol. The van der Waals surface area contributed by atoms with Crippen LogP contribution in [0.1, 0.15) is 18.4 Å². The molecule has 0 saturated carbocycles. The van der Waals surface area contributed by atoms with Gasteiger partial charge in [0.1, 0.15) is 6.04 Å². The predicted molar refractivity (Wildman–Crippen MR) is 72.9 cm³/mol. The maximum atomic E-state index is 10.7. The zero-order valence-electron chi connectivity index (χ0n) is 10.6. The lowest BCUT2D eigenvalue weighted by Crippen LogP contribution is -2.26. The third-order valence-electron chi connectivity index (χ3n) is 2.63. The molecule has 0 aliphatic carbocycles. The summed E-state index contributed by atoms with van der Waals surface area (Å²) >= 11 is 0. The van der Waals surface area contributed by atoms with Crippen molar-refractivity contribution in [1.29, 1.82) is 0 Å². The van der Waals surface area contributed by atoms with Crippen molar-refractivity contribution in [1.82, 2.24) is 15.5 Å². The zero-order valence-corrected chi connectivity index (χ0v) is 10.6. The first-order chi connectivity index (χ1) is 9.61. The van der Waals surface area contributed by atoms with Crippen LogP contribution in [0.3, 0.4) is 0 Å². The molecule has 1 heterocycles. The Labute approximate surface area is 115 Å². The second kappa shape index (κ2) is 5.87. The van der Waals surface area contributed by atoms with E-state index in [1.807, 2.05) is 0 Å². The normalized spacial score (nSPS) is 11.8. The van der Waals surface area contributed by atoms with E-state index in [1.165, 1.54) is 0 Å². The summed E-state index contributed by atoms with van der Waals surface area (Å²) in [7, 11) is 0. The summed E-state index contributed by atoms with van der Waals surface area (Å²) in [6.07, 6.45) is 0.746. The van der Waals surface area contributed by atoms with Crippen LogP contribution in [-0.2, 0) is 0 Å². The Morgan fingerprint density at radius 2 is 2.25 bits per heavy atom. The predicted octanol–water partition coefficient (Wildman–Crippen LogP) is 2.20. The van der Waals surface area contributed by atoms with Crippen molar-refractivity contribution in [2.24, 2.45) is 0 Å². The van der Waals surface area contributed by atoms with E-state index in [0.29, 0.717) is 17.7 Å². The van der Waals surface area contributed by atoms with Gasteiger partial charge in [-0.3, -0.25) is 0 Å². The van der Waals surface area contributed by atoms with Gasteiger partial charge >= 0.3 is 6.09 Å². The lowest BCUT2D eigenvalue weighted by atomic mass is 10.2. The highest BCUT2D eigenvalue weighted by molar-refractivity contribution is 5.69. The lowest BCUT2D eigenvalue weighted by Gasteiger charge is -2.09. The topological polar surface area (TPSA) is 114 Å². The van der Waals surface area contributed by atoms with Crippen LogP contribution in [0, 0.1) is 0 Å². The summed E-state index contributed by atoms with van der Waals surface area (Å²) in [4.78, 5) is 10.7. The lowest BCUT2D eigenvalue weighted by molar-refractivity contribution is 0.187. The molecule has 0 fully saturated rings. The molecule has 1 amide bonds. The Bertz CT molecular complexity index is 624. The number of benzene rings is 1. The highest BCUT2D eigenvalue weighted by Gasteiger charge is 2.20. The van der Waals surface area contributed by atoms with Gasteiger partial charge in [-0.05, 0) is 18.6 Å². The van der Waals surface area contributed by atoms with Crippen LogP contribution in [0.2, 0.25) is 0 Å². The monoisotopic (exact) mass is 274 g/mol. The van der Waals surface area contributed by atoms with E-state index in [4.69, 9.17) is 15.3 Å². The molecule has 1 unspecified atom stereocenters. The van der Waals surface area contributed by atoms with Crippen LogP contribution in [0.5, 0.6) is 0 Å². The van der Waals surface area contributed by atoms with Crippen LogP contribution < -0.4 is 11.1 Å². The second-order valence-corrected chi connectivity index (χ2v) is 4.06. The van der Waals surface area contributed by atoms with Gasteiger partial charge in [0.15, 0.2) is 0 Å². The fourth-order valence-electron chi connectivity index (χ4n) is 1.71. The maximum Gasteiger partial charge on any atom is 0.405 e. The quantitative estimate of drug-likeness (QED) is 0.568. The van der Waals surface area contributed by atoms with E-state index >= 15 is 0 Å². The molecule has 4 N–H and O–H groups in total. The number of nitrogens with two attached hydrogens (primary N) is 1. The Morgan fingerprint density at radius 3 is 2.90 bits per heavy atom. The molecule has 1 atom stereocenters. The Balaban J connectivity index is 2.29. The van der Waals surface area contributed by atoms with Crippen molar-refractivity contribution in [2.75, 3.05) is 5.73 Å². The molecule has 0 bridgehead atoms. The standard InChI is InChI=1S/C13H14N4O3/c1-2-5-10(15-13(18)19)12-17-16-11(20-12)8-6-3-4-7-9(8)14/h2-4,6-7,10,15H,1,5,14H2,(H,18,19). The number of hydrogen-bond acceptors (Lipinski definition) is 5. The van der Waals surface area contributed by atoms with E-state index in [0.717, 1.165) is 0 Å². The number of nitrogens with zero attached hydrogens (tertiary/aromatic N) is 2. The van der Waals surface area contributed by atoms with Crippen LogP contribution >= 0.6 is 0 Å². The summed E-state index contributed by atoms with van der Waals surface area (Å²) in [5.74, 6) is 0.421. The number of rotatable bonds is 5. The fourth-order valence-corrected chi connectivity index (χ4v) is 1.71. The number of carboxylic acid groups (broad SMARTS) is 1. The number of nitrogen functional groups attached to an aromatic ring is 1. The van der Waals surface area contributed by atoms with E-state index in [1.54, 1.807) is 30.3 Å². The summed E-state index contributed by atoms with van der Waals surface area (Å²) in [6, 6.07) is 6.43. The van der Waals surface area contributed by atoms with Gasteiger partial charge in [0.2, 0.25) is 11.8 Å². The molecule has 7 heteroatoms. The number of aromatic nitrogens is 2. The van der Waals surface area contributed by atoms with Crippen molar-refractivity contribution in [3.63, 3.8) is 0 Å². The first-order valence-corrected chi connectivity index (χ1v) is 5.90. The molecule has 0 aliphatic heterocycles. The van der Waals surface area contributed by atoms with Gasteiger partial charge in [-0.2, -0.15) is 0 Å². The van der Waals surface area contributed by atoms with Gasteiger partial charge in [0.05, 0.1) is 5.56 Å². The average Bonchev–Trinajstić information content (AvgIpc) is 2.87. The second-order valence-electron chi connectivity index (χ2n) is 4.06. The largest absolute Gasteiger partial charge is 0.465 e. The minimum absolute atomic E-state index is 0.172. The minimum Gasteiger partial charge on any atom is -0.465 e. The number of hydrogen-bond donors (Lipinski definition) is 3. The van der Waals surface area contributed by atoms with E-state index in [-0.39, 0.29) is 11.8 Å². The molecule has 104 valence electrons. The van der Waals surface area contributed by atoms with Gasteiger partial charge in [-0.15, -0.1) is 16.8 Å². The summed E-state index contributed by atoms with van der Waals surface area (Å²) in [5, 5.41) is 18.8. The molecule has 2 rings (SSSR count). The maximum absolute atomic E-state index is 10.7. The number of amides is 1. The first kappa shape index (κ1) is 13.6. The van der Waals surface area contributed by atoms with Crippen LogP contribution in [0.15, 0.2) is 41.3 Å². The van der Waals surface area contributed by atoms with E-state index in [9.17, 15) is 4.79 Å². The smallest absolute Gasteiger partial charge is 0.405 e.